The zero-order valence-corrected chi connectivity index (χ0v) is 11.2. The van der Waals surface area contributed by atoms with Gasteiger partial charge in [-0.3, -0.25) is 0 Å². The Morgan fingerprint density at radius 1 is 1.60 bits per heavy atom. The lowest BCUT2D eigenvalue weighted by Crippen LogP contribution is -2.31. The minimum Gasteiger partial charge on any atom is -0.381 e. The quantitative estimate of drug-likeness (QED) is 0.923. The summed E-state index contributed by atoms with van der Waals surface area (Å²) in [5.41, 5.74) is 1.37. The van der Waals surface area contributed by atoms with Crippen LogP contribution in [0.2, 0.25) is 0 Å². The maximum atomic E-state index is 5.55. The van der Waals surface area contributed by atoms with Crippen LogP contribution in [-0.4, -0.2) is 20.3 Å². The average Bonchev–Trinajstić information content (AvgIpc) is 2.68. The number of nitrogens with one attached hydrogen (secondary N) is 1. The average molecular weight is 290 g/mol. The maximum absolute atomic E-state index is 5.55. The molecule has 2 heterocycles. The van der Waals surface area contributed by atoms with Crippen molar-refractivity contribution in [3.8, 4) is 0 Å². The molecule has 2 nitrogen and oxygen atoms in total. The van der Waals surface area contributed by atoms with E-state index in [0.29, 0.717) is 12.0 Å². The molecule has 0 amide bonds. The van der Waals surface area contributed by atoms with Gasteiger partial charge in [0.15, 0.2) is 0 Å². The van der Waals surface area contributed by atoms with E-state index in [-0.39, 0.29) is 0 Å². The Labute approximate surface area is 103 Å². The predicted molar refractivity (Wildman–Crippen MR) is 67.4 cm³/mol. The standard InChI is InChI=1S/C11H16BrNOS/c1-13-11(8-3-2-4-14-5-8)9-6-15-7-10(9)12/h6-8,11,13H,2-5H2,1H3. The van der Waals surface area contributed by atoms with Crippen LogP contribution >= 0.6 is 27.3 Å². The molecule has 1 saturated heterocycles. The molecule has 1 fully saturated rings. The zero-order chi connectivity index (χ0) is 10.7. The van der Waals surface area contributed by atoms with Gasteiger partial charge >= 0.3 is 0 Å². The fourth-order valence-electron chi connectivity index (χ4n) is 2.19. The third-order valence-electron chi connectivity index (χ3n) is 2.96. The topological polar surface area (TPSA) is 21.3 Å². The minimum atomic E-state index is 0.422. The second kappa shape index (κ2) is 5.43. The van der Waals surface area contributed by atoms with Gasteiger partial charge in [-0.05, 0) is 46.8 Å². The molecule has 84 valence electrons. The molecule has 2 unspecified atom stereocenters. The molecule has 1 aliphatic heterocycles. The van der Waals surface area contributed by atoms with Gasteiger partial charge in [-0.2, -0.15) is 11.3 Å². The lowest BCUT2D eigenvalue weighted by Gasteiger charge is -2.30. The first-order chi connectivity index (χ1) is 7.33. The summed E-state index contributed by atoms with van der Waals surface area (Å²) in [7, 11) is 2.03. The van der Waals surface area contributed by atoms with Crippen LogP contribution in [0.15, 0.2) is 15.2 Å². The highest BCUT2D eigenvalue weighted by Gasteiger charge is 2.26. The van der Waals surface area contributed by atoms with Gasteiger partial charge in [0, 0.05) is 28.4 Å². The lowest BCUT2D eigenvalue weighted by atomic mass is 9.90. The van der Waals surface area contributed by atoms with Crippen molar-refractivity contribution >= 4 is 27.3 Å². The predicted octanol–water partition coefficient (Wildman–Crippen LogP) is 3.20. The molecule has 0 saturated carbocycles. The second-order valence-electron chi connectivity index (χ2n) is 3.92. The minimum absolute atomic E-state index is 0.422. The van der Waals surface area contributed by atoms with Gasteiger partial charge < -0.3 is 10.1 Å². The number of rotatable bonds is 3. The molecule has 1 aromatic heterocycles. The van der Waals surface area contributed by atoms with Crippen molar-refractivity contribution in [1.29, 1.82) is 0 Å². The van der Waals surface area contributed by atoms with Crippen molar-refractivity contribution in [3.05, 3.63) is 20.8 Å². The zero-order valence-electron chi connectivity index (χ0n) is 8.83. The summed E-state index contributed by atoms with van der Waals surface area (Å²) in [5.74, 6) is 0.606. The van der Waals surface area contributed by atoms with Crippen LogP contribution < -0.4 is 5.32 Å². The first kappa shape index (κ1) is 11.6. The highest BCUT2D eigenvalue weighted by molar-refractivity contribution is 9.10. The maximum Gasteiger partial charge on any atom is 0.0512 e. The Morgan fingerprint density at radius 3 is 3.00 bits per heavy atom. The summed E-state index contributed by atoms with van der Waals surface area (Å²) in [5, 5.41) is 7.78. The number of hydrogen-bond acceptors (Lipinski definition) is 3. The van der Waals surface area contributed by atoms with Crippen LogP contribution in [-0.2, 0) is 4.74 Å². The van der Waals surface area contributed by atoms with Crippen LogP contribution in [0.4, 0.5) is 0 Å². The van der Waals surface area contributed by atoms with Crippen LogP contribution in [0.25, 0.3) is 0 Å². The summed E-state index contributed by atoms with van der Waals surface area (Å²) in [6, 6.07) is 0.422. The van der Waals surface area contributed by atoms with Crippen molar-refractivity contribution in [2.24, 2.45) is 5.92 Å². The summed E-state index contributed by atoms with van der Waals surface area (Å²) in [4.78, 5) is 0. The Kier molecular flexibility index (Phi) is 4.20. The SMILES string of the molecule is CNC(c1cscc1Br)C1CCCOC1. The Hall–Kier alpha value is 0.1000. The van der Waals surface area contributed by atoms with Crippen molar-refractivity contribution in [2.45, 2.75) is 18.9 Å². The van der Waals surface area contributed by atoms with Gasteiger partial charge in [0.05, 0.1) is 6.61 Å². The highest BCUT2D eigenvalue weighted by Crippen LogP contribution is 2.34. The van der Waals surface area contributed by atoms with Crippen molar-refractivity contribution < 1.29 is 4.74 Å². The van der Waals surface area contributed by atoms with E-state index in [4.69, 9.17) is 4.74 Å². The molecule has 2 rings (SSSR count). The molecular weight excluding hydrogens is 274 g/mol. The van der Waals surface area contributed by atoms with Crippen LogP contribution in [0.3, 0.4) is 0 Å². The molecular formula is C11H16BrNOS. The van der Waals surface area contributed by atoms with E-state index in [1.165, 1.54) is 22.9 Å². The van der Waals surface area contributed by atoms with Gasteiger partial charge in [-0.15, -0.1) is 0 Å². The fourth-order valence-corrected chi connectivity index (χ4v) is 3.77. The van der Waals surface area contributed by atoms with Crippen LogP contribution in [0.1, 0.15) is 24.4 Å². The number of hydrogen-bond donors (Lipinski definition) is 1. The third kappa shape index (κ3) is 2.61. The number of ether oxygens (including phenoxy) is 1. The molecule has 4 heteroatoms. The number of thiophene rings is 1. The normalized spacial score (nSPS) is 24.0. The van der Waals surface area contributed by atoms with Crippen molar-refractivity contribution in [2.75, 3.05) is 20.3 Å². The Bertz CT molecular complexity index is 309. The summed E-state index contributed by atoms with van der Waals surface area (Å²) in [6.07, 6.45) is 2.44. The monoisotopic (exact) mass is 289 g/mol. The number of halogens is 1. The molecule has 1 aromatic rings. The highest BCUT2D eigenvalue weighted by atomic mass is 79.9. The van der Waals surface area contributed by atoms with E-state index in [2.05, 4.69) is 32.0 Å². The lowest BCUT2D eigenvalue weighted by molar-refractivity contribution is 0.0401. The molecule has 0 spiro atoms. The fraction of sp³-hybridized carbons (Fsp3) is 0.636. The molecule has 0 aliphatic carbocycles. The Balaban J connectivity index is 2.12. The van der Waals surface area contributed by atoms with E-state index in [1.807, 2.05) is 7.05 Å². The molecule has 1 N–H and O–H groups in total. The molecule has 0 aromatic carbocycles. The first-order valence-corrected chi connectivity index (χ1v) is 7.03. The van der Waals surface area contributed by atoms with E-state index in [9.17, 15) is 0 Å². The molecule has 1 aliphatic rings. The van der Waals surface area contributed by atoms with Gasteiger partial charge in [-0.25, -0.2) is 0 Å². The van der Waals surface area contributed by atoms with E-state index >= 15 is 0 Å². The first-order valence-electron chi connectivity index (χ1n) is 5.29. The van der Waals surface area contributed by atoms with Crippen molar-refractivity contribution in [3.63, 3.8) is 0 Å². The van der Waals surface area contributed by atoms with Crippen molar-refractivity contribution in [1.82, 2.24) is 5.32 Å². The summed E-state index contributed by atoms with van der Waals surface area (Å²) >= 11 is 5.35. The molecule has 15 heavy (non-hydrogen) atoms. The van der Waals surface area contributed by atoms with E-state index < -0.39 is 0 Å². The molecule has 0 bridgehead atoms. The van der Waals surface area contributed by atoms with E-state index in [1.54, 1.807) is 11.3 Å². The largest absolute Gasteiger partial charge is 0.381 e. The Morgan fingerprint density at radius 2 is 2.47 bits per heavy atom. The molecule has 0 radical (unpaired) electrons. The second-order valence-corrected chi connectivity index (χ2v) is 5.52. The van der Waals surface area contributed by atoms with Crippen LogP contribution in [0.5, 0.6) is 0 Å². The third-order valence-corrected chi connectivity index (χ3v) is 4.71. The van der Waals surface area contributed by atoms with Gasteiger partial charge in [0.2, 0.25) is 0 Å². The van der Waals surface area contributed by atoms with Gasteiger partial charge in [0.25, 0.3) is 0 Å². The van der Waals surface area contributed by atoms with Crippen LogP contribution in [0, 0.1) is 5.92 Å². The summed E-state index contributed by atoms with van der Waals surface area (Å²) < 4.78 is 6.77. The summed E-state index contributed by atoms with van der Waals surface area (Å²) in [6.45, 7) is 1.81. The van der Waals surface area contributed by atoms with Gasteiger partial charge in [-0.1, -0.05) is 0 Å². The smallest absolute Gasteiger partial charge is 0.0512 e. The van der Waals surface area contributed by atoms with Gasteiger partial charge in [0.1, 0.15) is 0 Å². The van der Waals surface area contributed by atoms with E-state index in [0.717, 1.165) is 13.2 Å². The molecule has 2 atom stereocenters.